The highest BCUT2D eigenvalue weighted by Crippen LogP contribution is 2.56. The van der Waals surface area contributed by atoms with Crippen LogP contribution in [0.1, 0.15) is 43.1 Å². The number of Topliss-reactive ketones (excluding diaryl/α,β-unsaturated/α-hetero) is 1. The molecule has 0 amide bonds. The van der Waals surface area contributed by atoms with Crippen LogP contribution in [-0.2, 0) is 4.79 Å². The summed E-state index contributed by atoms with van der Waals surface area (Å²) in [5, 5.41) is 42.8. The van der Waals surface area contributed by atoms with Gasteiger partial charge in [0.15, 0.2) is 5.78 Å². The van der Waals surface area contributed by atoms with E-state index in [1.165, 1.54) is 12.1 Å². The number of allylic oxidation sites excluding steroid dienone is 2. The lowest BCUT2D eigenvalue weighted by atomic mass is 9.60. The molecular formula is C19H20O5. The number of carbonyl (C=O) groups excluding carboxylic acids is 1. The fourth-order valence-electron chi connectivity index (χ4n) is 4.47. The third-order valence-corrected chi connectivity index (χ3v) is 5.57. The van der Waals surface area contributed by atoms with Gasteiger partial charge in [-0.15, -0.1) is 0 Å². The van der Waals surface area contributed by atoms with Gasteiger partial charge in [0.05, 0.1) is 12.0 Å². The summed E-state index contributed by atoms with van der Waals surface area (Å²) in [6.45, 7) is 2.00. The molecule has 24 heavy (non-hydrogen) atoms. The minimum absolute atomic E-state index is 0.0913. The van der Waals surface area contributed by atoms with E-state index in [0.29, 0.717) is 24.0 Å². The number of ketones is 1. The maximum atomic E-state index is 12.6. The molecule has 0 bridgehead atoms. The van der Waals surface area contributed by atoms with E-state index in [-0.39, 0.29) is 23.0 Å². The molecule has 0 unspecified atom stereocenters. The van der Waals surface area contributed by atoms with Gasteiger partial charge in [-0.25, -0.2) is 0 Å². The number of hydrogen-bond donors (Lipinski definition) is 4. The molecule has 0 fully saturated rings. The molecule has 1 aromatic carbocycles. The van der Waals surface area contributed by atoms with Crippen molar-refractivity contribution >= 4 is 5.78 Å². The van der Waals surface area contributed by atoms with Crippen LogP contribution in [0.3, 0.4) is 0 Å². The Morgan fingerprint density at radius 2 is 1.96 bits per heavy atom. The monoisotopic (exact) mass is 328 g/mol. The van der Waals surface area contributed by atoms with E-state index in [9.17, 15) is 25.2 Å². The molecule has 5 atom stereocenters. The van der Waals surface area contributed by atoms with Crippen molar-refractivity contribution < 1.29 is 25.2 Å². The highest BCUT2D eigenvalue weighted by atomic mass is 16.3. The van der Waals surface area contributed by atoms with E-state index in [0.717, 1.165) is 5.57 Å². The van der Waals surface area contributed by atoms with E-state index in [2.05, 4.69) is 0 Å². The second kappa shape index (κ2) is 5.02. The minimum Gasteiger partial charge on any atom is -0.508 e. The summed E-state index contributed by atoms with van der Waals surface area (Å²) in [5.74, 6) is -0.982. The quantitative estimate of drug-likeness (QED) is 0.581. The molecule has 3 aliphatic rings. The Morgan fingerprint density at radius 3 is 2.71 bits per heavy atom. The van der Waals surface area contributed by atoms with Gasteiger partial charge < -0.3 is 20.4 Å². The summed E-state index contributed by atoms with van der Waals surface area (Å²) in [6.07, 6.45) is 1.63. The predicted octanol–water partition coefficient (Wildman–Crippen LogP) is 1.69. The zero-order valence-electron chi connectivity index (χ0n) is 13.3. The van der Waals surface area contributed by atoms with E-state index < -0.39 is 23.7 Å². The van der Waals surface area contributed by atoms with Gasteiger partial charge in [0.25, 0.3) is 0 Å². The van der Waals surface area contributed by atoms with Gasteiger partial charge in [-0.3, -0.25) is 4.79 Å². The van der Waals surface area contributed by atoms with Crippen LogP contribution in [0.4, 0.5) is 0 Å². The summed E-state index contributed by atoms with van der Waals surface area (Å²) in [5.41, 5.74) is -0.109. The van der Waals surface area contributed by atoms with Gasteiger partial charge in [0.1, 0.15) is 17.5 Å². The van der Waals surface area contributed by atoms with Crippen LogP contribution >= 0.6 is 0 Å². The number of phenolic OH excluding ortho intramolecular Hbond substituents is 1. The zero-order valence-corrected chi connectivity index (χ0v) is 13.3. The van der Waals surface area contributed by atoms with Crippen molar-refractivity contribution in [3.63, 3.8) is 0 Å². The third-order valence-electron chi connectivity index (χ3n) is 5.57. The molecular weight excluding hydrogens is 308 g/mol. The molecule has 4 N–H and O–H groups in total. The fourth-order valence-corrected chi connectivity index (χ4v) is 4.47. The van der Waals surface area contributed by atoms with E-state index in [1.807, 2.05) is 6.92 Å². The lowest BCUT2D eigenvalue weighted by Gasteiger charge is -2.49. The highest BCUT2D eigenvalue weighted by molar-refractivity contribution is 5.99. The first-order valence-electron chi connectivity index (χ1n) is 8.20. The van der Waals surface area contributed by atoms with Crippen molar-refractivity contribution in [1.29, 1.82) is 0 Å². The third kappa shape index (κ3) is 1.89. The number of fused-ring (bicyclic) bond motifs is 3. The van der Waals surface area contributed by atoms with Crippen LogP contribution in [0.15, 0.2) is 41.5 Å². The Bertz CT molecular complexity index is 793. The number of aliphatic hydroxyl groups excluding tert-OH is 2. The maximum absolute atomic E-state index is 12.6. The van der Waals surface area contributed by atoms with Crippen molar-refractivity contribution in [3.8, 4) is 5.75 Å². The average Bonchev–Trinajstić information content (AvgIpc) is 2.53. The average molecular weight is 328 g/mol. The van der Waals surface area contributed by atoms with Crippen LogP contribution in [0, 0.1) is 11.8 Å². The molecule has 0 aromatic heterocycles. The first-order valence-corrected chi connectivity index (χ1v) is 8.20. The van der Waals surface area contributed by atoms with Crippen molar-refractivity contribution in [1.82, 2.24) is 0 Å². The van der Waals surface area contributed by atoms with E-state index in [1.54, 1.807) is 18.2 Å². The van der Waals surface area contributed by atoms with Crippen molar-refractivity contribution in [2.24, 2.45) is 11.8 Å². The van der Waals surface area contributed by atoms with Gasteiger partial charge >= 0.3 is 0 Å². The molecule has 3 aliphatic carbocycles. The molecule has 5 heteroatoms. The second-order valence-corrected chi connectivity index (χ2v) is 7.20. The summed E-state index contributed by atoms with van der Waals surface area (Å²) >= 11 is 0. The van der Waals surface area contributed by atoms with Crippen molar-refractivity contribution in [2.45, 2.75) is 37.6 Å². The Labute approximate surface area is 139 Å². The number of carbonyl (C=O) groups is 1. The van der Waals surface area contributed by atoms with Crippen LogP contribution in [-0.4, -0.2) is 31.8 Å². The first-order chi connectivity index (χ1) is 11.3. The van der Waals surface area contributed by atoms with Crippen LogP contribution < -0.4 is 0 Å². The van der Waals surface area contributed by atoms with Crippen LogP contribution in [0.25, 0.3) is 0 Å². The van der Waals surface area contributed by atoms with Crippen LogP contribution in [0.5, 0.6) is 5.75 Å². The molecule has 0 spiro atoms. The molecule has 4 rings (SSSR count). The summed E-state index contributed by atoms with van der Waals surface area (Å²) in [4.78, 5) is 12.6. The zero-order chi connectivity index (χ0) is 17.2. The number of hydrogen-bond acceptors (Lipinski definition) is 5. The molecule has 0 radical (unpaired) electrons. The van der Waals surface area contributed by atoms with Gasteiger partial charge in [-0.05, 0) is 35.6 Å². The largest absolute Gasteiger partial charge is 0.508 e. The van der Waals surface area contributed by atoms with E-state index in [4.69, 9.17) is 0 Å². The van der Waals surface area contributed by atoms with Gasteiger partial charge in [-0.1, -0.05) is 25.1 Å². The Hall–Kier alpha value is -1.95. The molecule has 5 nitrogen and oxygen atoms in total. The minimum atomic E-state index is -1.82. The molecule has 1 aromatic rings. The van der Waals surface area contributed by atoms with E-state index >= 15 is 0 Å². The Balaban J connectivity index is 1.94. The summed E-state index contributed by atoms with van der Waals surface area (Å²) in [7, 11) is 0. The topological polar surface area (TPSA) is 98.0 Å². The number of aromatic hydroxyl groups is 1. The maximum Gasteiger partial charge on any atom is 0.159 e. The summed E-state index contributed by atoms with van der Waals surface area (Å²) < 4.78 is 0. The standard InChI is InChI=1S/C19H20O5/c1-9-7-10-5-6-19(24)16(14(10)13(21)8-9)17(22)11-3-2-4-12(20)15(11)18(19)23/h2-6,9,16-18,20,22-24H,7-8H2,1H3/t9-,16-,17-,18+,19-/m1/s1. The van der Waals surface area contributed by atoms with Gasteiger partial charge in [0.2, 0.25) is 0 Å². The van der Waals surface area contributed by atoms with Crippen LogP contribution in [0.2, 0.25) is 0 Å². The lowest BCUT2D eigenvalue weighted by molar-refractivity contribution is -0.132. The van der Waals surface area contributed by atoms with Crippen molar-refractivity contribution in [2.75, 3.05) is 0 Å². The normalized spacial score (nSPS) is 37.8. The lowest BCUT2D eigenvalue weighted by Crippen LogP contribution is -2.52. The SMILES string of the molecule is C[C@H]1CC(=O)C2=C(C=C[C@@]3(O)[C@H]2[C@H](O)c2cccc(O)c2[C@@H]3O)C1. The Morgan fingerprint density at radius 1 is 1.21 bits per heavy atom. The predicted molar refractivity (Wildman–Crippen MR) is 86.0 cm³/mol. The second-order valence-electron chi connectivity index (χ2n) is 7.20. The highest BCUT2D eigenvalue weighted by Gasteiger charge is 2.56. The number of benzene rings is 1. The molecule has 0 saturated heterocycles. The number of phenols is 1. The smallest absolute Gasteiger partial charge is 0.159 e. The van der Waals surface area contributed by atoms with Gasteiger partial charge in [-0.2, -0.15) is 0 Å². The first kappa shape index (κ1) is 15.6. The summed E-state index contributed by atoms with van der Waals surface area (Å²) in [6, 6.07) is 4.59. The Kier molecular flexibility index (Phi) is 3.26. The fraction of sp³-hybridized carbons (Fsp3) is 0.421. The molecule has 0 heterocycles. The molecule has 0 saturated carbocycles. The van der Waals surface area contributed by atoms with Crippen molar-refractivity contribution in [3.05, 3.63) is 52.6 Å². The molecule has 126 valence electrons. The number of aliphatic hydroxyl groups is 3. The number of rotatable bonds is 0. The molecule has 0 aliphatic heterocycles. The van der Waals surface area contributed by atoms with Gasteiger partial charge in [0, 0.05) is 17.6 Å².